The lowest BCUT2D eigenvalue weighted by molar-refractivity contribution is 0.0707. The van der Waals surface area contributed by atoms with E-state index >= 15 is 0 Å². The van der Waals surface area contributed by atoms with Gasteiger partial charge in [-0.25, -0.2) is 13.9 Å². The van der Waals surface area contributed by atoms with Crippen molar-refractivity contribution in [2.45, 2.75) is 11.8 Å². The van der Waals surface area contributed by atoms with Gasteiger partial charge in [0.25, 0.3) is 15.9 Å². The number of anilines is 1. The summed E-state index contributed by atoms with van der Waals surface area (Å²) in [6.45, 7) is 1.77. The zero-order valence-electron chi connectivity index (χ0n) is 19.2. The van der Waals surface area contributed by atoms with Crippen LogP contribution < -0.4 is 19.3 Å². The number of carbonyl (C=O) groups is 1. The molecule has 0 radical (unpaired) electrons. The monoisotopic (exact) mass is 558 g/mol. The molecule has 182 valence electrons. The largest absolute Gasteiger partial charge is 0.495 e. The molecular weight excluding hydrogens is 536 g/mol. The zero-order chi connectivity index (χ0) is 25.6. The summed E-state index contributed by atoms with van der Waals surface area (Å²) in [5.41, 5.74) is 2.96. The summed E-state index contributed by atoms with van der Waals surface area (Å²) in [5.74, 6) is 6.16. The fraction of sp³-hybridized carbons (Fsp3) is 0.160. The van der Waals surface area contributed by atoms with E-state index in [0.29, 0.717) is 21.5 Å². The van der Waals surface area contributed by atoms with Gasteiger partial charge < -0.3 is 9.47 Å². The second kappa shape index (κ2) is 11.3. The fourth-order valence-electron chi connectivity index (χ4n) is 3.37. The molecule has 0 saturated carbocycles. The molecule has 8 nitrogen and oxygen atoms in total. The molecule has 0 saturated heterocycles. The third kappa shape index (κ3) is 5.95. The lowest BCUT2D eigenvalue weighted by atomic mass is 10.1. The molecule has 0 spiro atoms. The number of ether oxygens (including phenoxy) is 2. The van der Waals surface area contributed by atoms with Crippen molar-refractivity contribution in [3.63, 3.8) is 0 Å². The maximum absolute atomic E-state index is 13.3. The maximum Gasteiger partial charge on any atom is 0.276 e. The molecule has 2 N–H and O–H groups in total. The molecule has 3 aromatic carbocycles. The van der Waals surface area contributed by atoms with Crippen molar-refractivity contribution in [3.05, 3.63) is 81.8 Å². The number of benzene rings is 3. The fourth-order valence-corrected chi connectivity index (χ4v) is 5.22. The minimum atomic E-state index is -4.02. The van der Waals surface area contributed by atoms with Crippen LogP contribution in [0.15, 0.2) is 70.0 Å². The molecule has 0 fully saturated rings. The van der Waals surface area contributed by atoms with Crippen LogP contribution in [0.1, 0.15) is 21.5 Å². The Hall–Kier alpha value is -3.52. The molecule has 10 heteroatoms. The number of hydroxylamine groups is 1. The smallest absolute Gasteiger partial charge is 0.276 e. The quantitative estimate of drug-likeness (QED) is 0.256. The van der Waals surface area contributed by atoms with Gasteiger partial charge in [-0.15, -0.1) is 0 Å². The highest BCUT2D eigenvalue weighted by molar-refractivity contribution is 9.10. The second-order valence-electron chi connectivity index (χ2n) is 7.29. The number of sulfonamides is 1. The number of aryl methyl sites for hydroxylation is 1. The van der Waals surface area contributed by atoms with Gasteiger partial charge in [0.1, 0.15) is 18.1 Å². The van der Waals surface area contributed by atoms with Crippen LogP contribution >= 0.6 is 15.9 Å². The molecule has 0 bridgehead atoms. The number of carbonyl (C=O) groups excluding carboxylic acids is 1. The number of para-hydroxylation sites is 1. The van der Waals surface area contributed by atoms with Gasteiger partial charge >= 0.3 is 0 Å². The molecule has 3 rings (SSSR count). The van der Waals surface area contributed by atoms with Gasteiger partial charge in [0.15, 0.2) is 0 Å². The van der Waals surface area contributed by atoms with Crippen LogP contribution in [-0.4, -0.2) is 40.3 Å². The second-order valence-corrected chi connectivity index (χ2v) is 10.2. The summed E-state index contributed by atoms with van der Waals surface area (Å²) in [6, 6.07) is 16.4. The lowest BCUT2D eigenvalue weighted by Gasteiger charge is -2.24. The summed E-state index contributed by atoms with van der Waals surface area (Å²) < 4.78 is 39.0. The first-order valence-corrected chi connectivity index (χ1v) is 12.5. The van der Waals surface area contributed by atoms with Crippen molar-refractivity contribution in [1.82, 2.24) is 5.48 Å². The zero-order valence-corrected chi connectivity index (χ0v) is 21.6. The molecule has 0 aliphatic rings. The molecule has 1 amide bonds. The van der Waals surface area contributed by atoms with Crippen LogP contribution in [0, 0.1) is 18.8 Å². The average Bonchev–Trinajstić information content (AvgIpc) is 2.85. The van der Waals surface area contributed by atoms with E-state index in [2.05, 4.69) is 27.8 Å². The molecule has 35 heavy (non-hydrogen) atoms. The third-order valence-corrected chi connectivity index (χ3v) is 7.28. The normalized spacial score (nSPS) is 10.7. The van der Waals surface area contributed by atoms with E-state index in [-0.39, 0.29) is 22.8 Å². The minimum Gasteiger partial charge on any atom is -0.495 e. The van der Waals surface area contributed by atoms with Crippen LogP contribution in [0.4, 0.5) is 5.69 Å². The van der Waals surface area contributed by atoms with Gasteiger partial charge in [-0.05, 0) is 61.0 Å². The topological polar surface area (TPSA) is 105 Å². The van der Waals surface area contributed by atoms with Crippen molar-refractivity contribution < 1.29 is 27.9 Å². The maximum atomic E-state index is 13.3. The number of halogens is 1. The van der Waals surface area contributed by atoms with Crippen molar-refractivity contribution in [2.24, 2.45) is 0 Å². The van der Waals surface area contributed by atoms with Crippen molar-refractivity contribution in [2.75, 3.05) is 25.1 Å². The Bertz CT molecular complexity index is 1400. The van der Waals surface area contributed by atoms with Crippen molar-refractivity contribution in [1.29, 1.82) is 0 Å². The Morgan fingerprint density at radius 3 is 2.49 bits per heavy atom. The van der Waals surface area contributed by atoms with Gasteiger partial charge in [0, 0.05) is 11.5 Å². The Morgan fingerprint density at radius 2 is 1.83 bits per heavy atom. The lowest BCUT2D eigenvalue weighted by Crippen LogP contribution is -2.30. The van der Waals surface area contributed by atoms with Crippen molar-refractivity contribution in [3.8, 4) is 23.3 Å². The van der Waals surface area contributed by atoms with E-state index in [9.17, 15) is 13.2 Å². The van der Waals surface area contributed by atoms with Gasteiger partial charge in [-0.3, -0.25) is 14.3 Å². The number of methoxy groups -OCH3 is 1. The molecule has 0 unspecified atom stereocenters. The number of hydrogen-bond donors (Lipinski definition) is 2. The van der Waals surface area contributed by atoms with Gasteiger partial charge in [-0.2, -0.15) is 0 Å². The molecule has 0 heterocycles. The predicted molar refractivity (Wildman–Crippen MR) is 136 cm³/mol. The molecule has 0 aliphatic carbocycles. The van der Waals surface area contributed by atoms with E-state index in [4.69, 9.17) is 14.7 Å². The van der Waals surface area contributed by atoms with Crippen LogP contribution in [0.2, 0.25) is 0 Å². The van der Waals surface area contributed by atoms with Crippen LogP contribution in [0.25, 0.3) is 0 Å². The number of hydrogen-bond acceptors (Lipinski definition) is 6. The Kier molecular flexibility index (Phi) is 8.40. The first kappa shape index (κ1) is 26.1. The number of nitrogens with one attached hydrogen (secondary N) is 1. The first-order chi connectivity index (χ1) is 16.7. The highest BCUT2D eigenvalue weighted by atomic mass is 79.9. The summed E-state index contributed by atoms with van der Waals surface area (Å²) in [4.78, 5) is 12.2. The summed E-state index contributed by atoms with van der Waals surface area (Å²) >= 11 is 3.28. The molecule has 0 aromatic heterocycles. The third-order valence-electron chi connectivity index (χ3n) is 5.05. The highest BCUT2D eigenvalue weighted by Crippen LogP contribution is 2.32. The van der Waals surface area contributed by atoms with E-state index in [1.165, 1.54) is 37.4 Å². The Morgan fingerprint density at radius 1 is 1.14 bits per heavy atom. The van der Waals surface area contributed by atoms with Crippen LogP contribution in [0.3, 0.4) is 0 Å². The van der Waals surface area contributed by atoms with Gasteiger partial charge in [0.05, 0.1) is 28.8 Å². The molecule has 0 aliphatic heterocycles. The molecule has 0 atom stereocenters. The summed E-state index contributed by atoms with van der Waals surface area (Å²) in [7, 11) is -1.10. The van der Waals surface area contributed by atoms with Gasteiger partial charge in [-0.1, -0.05) is 39.9 Å². The van der Waals surface area contributed by atoms with E-state index in [0.717, 1.165) is 9.87 Å². The number of amides is 1. The standard InChI is InChI=1S/C25H23BrN2O6S/c1-17-15-19(26)16-22(25(29)27-30)24(17)28(2)35(31,32)21-12-10-20(11-13-21)34-14-6-8-18-7-4-5-9-23(18)33-3/h4-5,7,9-13,15-16,30H,14H2,1-3H3,(H,27,29). The molecule has 3 aromatic rings. The van der Waals surface area contributed by atoms with Crippen molar-refractivity contribution >= 4 is 37.5 Å². The summed E-state index contributed by atoms with van der Waals surface area (Å²) in [5, 5.41) is 9.09. The SMILES string of the molecule is COc1ccccc1C#CCOc1ccc(S(=O)(=O)N(C)c2c(C)cc(Br)cc2C(=O)NO)cc1. The van der Waals surface area contributed by atoms with Crippen LogP contribution in [0.5, 0.6) is 11.5 Å². The Labute approximate surface area is 212 Å². The van der Waals surface area contributed by atoms with E-state index in [1.807, 2.05) is 24.3 Å². The number of rotatable bonds is 7. The number of nitrogens with zero attached hydrogens (tertiary/aromatic N) is 1. The van der Waals surface area contributed by atoms with E-state index < -0.39 is 15.9 Å². The average molecular weight is 559 g/mol. The highest BCUT2D eigenvalue weighted by Gasteiger charge is 2.27. The van der Waals surface area contributed by atoms with Gasteiger partial charge in [0.2, 0.25) is 0 Å². The Balaban J connectivity index is 1.78. The molecular formula is C25H23BrN2O6S. The summed E-state index contributed by atoms with van der Waals surface area (Å²) in [6.07, 6.45) is 0. The first-order valence-electron chi connectivity index (χ1n) is 10.3. The predicted octanol–water partition coefficient (Wildman–Crippen LogP) is 4.14. The van der Waals surface area contributed by atoms with Crippen LogP contribution in [-0.2, 0) is 10.0 Å². The minimum absolute atomic E-state index is 0.000903. The van der Waals surface area contributed by atoms with E-state index in [1.54, 1.807) is 25.6 Å².